The molecular formula is C9H14BrN3O. The van der Waals surface area contributed by atoms with Gasteiger partial charge in [-0.25, -0.2) is 4.98 Å². The van der Waals surface area contributed by atoms with E-state index in [1.807, 2.05) is 24.6 Å². The van der Waals surface area contributed by atoms with Crippen LogP contribution in [0.1, 0.15) is 13.8 Å². The van der Waals surface area contributed by atoms with Crippen LogP contribution in [0.5, 0.6) is 0 Å². The minimum atomic E-state index is -0.498. The molecule has 1 N–H and O–H groups in total. The largest absolute Gasteiger partial charge is 0.353 e. The molecule has 1 amide bonds. The zero-order valence-electron chi connectivity index (χ0n) is 8.33. The van der Waals surface area contributed by atoms with Gasteiger partial charge in [-0.15, -0.1) is 0 Å². The number of nitrogens with zero attached hydrogens (tertiary/aromatic N) is 2. The lowest BCUT2D eigenvalue weighted by atomic mass is 10.2. The van der Waals surface area contributed by atoms with Crippen LogP contribution in [0.2, 0.25) is 0 Å². The molecule has 0 fully saturated rings. The van der Waals surface area contributed by atoms with E-state index in [4.69, 9.17) is 0 Å². The molecule has 1 aromatic rings. The van der Waals surface area contributed by atoms with Gasteiger partial charge in [-0.3, -0.25) is 4.79 Å². The summed E-state index contributed by atoms with van der Waals surface area (Å²) in [5, 5.41) is 2.83. The molecule has 0 aliphatic carbocycles. The van der Waals surface area contributed by atoms with Gasteiger partial charge in [0, 0.05) is 25.5 Å². The van der Waals surface area contributed by atoms with Crippen molar-refractivity contribution in [3.63, 3.8) is 0 Å². The Labute approximate surface area is 91.8 Å². The van der Waals surface area contributed by atoms with E-state index >= 15 is 0 Å². The lowest BCUT2D eigenvalue weighted by molar-refractivity contribution is -0.122. The predicted octanol–water partition coefficient (Wildman–Crippen LogP) is 1.17. The number of carbonyl (C=O) groups is 1. The molecule has 0 radical (unpaired) electrons. The monoisotopic (exact) mass is 259 g/mol. The van der Waals surface area contributed by atoms with Gasteiger partial charge in [0.1, 0.15) is 0 Å². The number of alkyl halides is 1. The molecule has 0 atom stereocenters. The summed E-state index contributed by atoms with van der Waals surface area (Å²) in [7, 11) is 0. The van der Waals surface area contributed by atoms with Gasteiger partial charge in [0.15, 0.2) is 0 Å². The maximum absolute atomic E-state index is 11.4. The van der Waals surface area contributed by atoms with Crippen LogP contribution in [0, 0.1) is 0 Å². The molecule has 0 saturated carbocycles. The van der Waals surface area contributed by atoms with Crippen molar-refractivity contribution in [1.82, 2.24) is 14.9 Å². The Kier molecular flexibility index (Phi) is 3.69. The minimum Gasteiger partial charge on any atom is -0.353 e. The SMILES string of the molecule is CC(C)(Br)C(=O)NCCn1ccnc1. The second-order valence-electron chi connectivity index (χ2n) is 3.53. The van der Waals surface area contributed by atoms with Crippen molar-refractivity contribution >= 4 is 21.8 Å². The first kappa shape index (κ1) is 11.2. The number of hydrogen-bond acceptors (Lipinski definition) is 2. The number of aromatic nitrogens is 2. The number of amides is 1. The average molecular weight is 260 g/mol. The molecule has 0 unspecified atom stereocenters. The molecule has 1 rings (SSSR count). The first-order valence-corrected chi connectivity index (χ1v) is 5.22. The highest BCUT2D eigenvalue weighted by Crippen LogP contribution is 2.14. The third-order valence-corrected chi connectivity index (χ3v) is 2.11. The van der Waals surface area contributed by atoms with Gasteiger partial charge in [-0.2, -0.15) is 0 Å². The van der Waals surface area contributed by atoms with Crippen molar-refractivity contribution in [3.05, 3.63) is 18.7 Å². The molecule has 0 aliphatic rings. The summed E-state index contributed by atoms with van der Waals surface area (Å²) < 4.78 is 1.42. The summed E-state index contributed by atoms with van der Waals surface area (Å²) >= 11 is 3.29. The van der Waals surface area contributed by atoms with E-state index in [9.17, 15) is 4.79 Å². The van der Waals surface area contributed by atoms with Crippen molar-refractivity contribution in [2.75, 3.05) is 6.54 Å². The van der Waals surface area contributed by atoms with E-state index in [1.54, 1.807) is 12.5 Å². The van der Waals surface area contributed by atoms with Crippen molar-refractivity contribution in [1.29, 1.82) is 0 Å². The fourth-order valence-electron chi connectivity index (χ4n) is 0.928. The Morgan fingerprint density at radius 2 is 2.36 bits per heavy atom. The van der Waals surface area contributed by atoms with Gasteiger partial charge in [-0.05, 0) is 13.8 Å². The zero-order chi connectivity index (χ0) is 10.6. The first-order chi connectivity index (χ1) is 6.50. The van der Waals surface area contributed by atoms with E-state index in [1.165, 1.54) is 0 Å². The van der Waals surface area contributed by atoms with Crippen molar-refractivity contribution in [2.45, 2.75) is 24.7 Å². The molecule has 1 heterocycles. The number of halogens is 1. The topological polar surface area (TPSA) is 46.9 Å². The fraction of sp³-hybridized carbons (Fsp3) is 0.556. The molecule has 1 aromatic heterocycles. The number of hydrogen-bond donors (Lipinski definition) is 1. The Morgan fingerprint density at radius 1 is 1.64 bits per heavy atom. The third kappa shape index (κ3) is 3.49. The van der Waals surface area contributed by atoms with Crippen molar-refractivity contribution in [3.8, 4) is 0 Å². The van der Waals surface area contributed by atoms with Crippen LogP contribution in [0.15, 0.2) is 18.7 Å². The molecule has 4 nitrogen and oxygen atoms in total. The van der Waals surface area contributed by atoms with E-state index < -0.39 is 4.32 Å². The van der Waals surface area contributed by atoms with Crippen molar-refractivity contribution < 1.29 is 4.79 Å². The number of rotatable bonds is 4. The van der Waals surface area contributed by atoms with Crippen LogP contribution >= 0.6 is 15.9 Å². The lowest BCUT2D eigenvalue weighted by Crippen LogP contribution is -2.38. The molecule has 5 heteroatoms. The van der Waals surface area contributed by atoms with E-state index in [-0.39, 0.29) is 5.91 Å². The maximum Gasteiger partial charge on any atom is 0.236 e. The van der Waals surface area contributed by atoms with Gasteiger partial charge in [0.25, 0.3) is 0 Å². The average Bonchev–Trinajstić information content (AvgIpc) is 2.55. The summed E-state index contributed by atoms with van der Waals surface area (Å²) in [6.45, 7) is 5.00. The summed E-state index contributed by atoms with van der Waals surface area (Å²) in [5.41, 5.74) is 0. The minimum absolute atomic E-state index is 0.00221. The molecule has 0 aromatic carbocycles. The highest BCUT2D eigenvalue weighted by atomic mass is 79.9. The molecular weight excluding hydrogens is 246 g/mol. The molecule has 0 saturated heterocycles. The molecule has 14 heavy (non-hydrogen) atoms. The van der Waals surface area contributed by atoms with Gasteiger partial charge in [0.05, 0.1) is 10.7 Å². The van der Waals surface area contributed by atoms with Gasteiger partial charge in [0.2, 0.25) is 5.91 Å². The summed E-state index contributed by atoms with van der Waals surface area (Å²) in [6, 6.07) is 0. The van der Waals surface area contributed by atoms with Crippen molar-refractivity contribution in [2.24, 2.45) is 0 Å². The van der Waals surface area contributed by atoms with E-state index in [0.717, 1.165) is 6.54 Å². The third-order valence-electron chi connectivity index (χ3n) is 1.75. The van der Waals surface area contributed by atoms with Crippen LogP contribution in [-0.4, -0.2) is 26.3 Å². The Morgan fingerprint density at radius 3 is 2.86 bits per heavy atom. The number of imidazole rings is 1. The normalized spacial score (nSPS) is 11.4. The number of carbonyl (C=O) groups excluding carboxylic acids is 1. The van der Waals surface area contributed by atoms with E-state index in [2.05, 4.69) is 26.2 Å². The zero-order valence-corrected chi connectivity index (χ0v) is 9.91. The Hall–Kier alpha value is -0.840. The fourth-order valence-corrected chi connectivity index (χ4v) is 1.07. The van der Waals surface area contributed by atoms with Gasteiger partial charge < -0.3 is 9.88 Å². The van der Waals surface area contributed by atoms with Gasteiger partial charge >= 0.3 is 0 Å². The Balaban J connectivity index is 2.26. The summed E-state index contributed by atoms with van der Waals surface area (Å²) in [5.74, 6) is -0.00221. The quantitative estimate of drug-likeness (QED) is 0.826. The predicted molar refractivity (Wildman–Crippen MR) is 58.2 cm³/mol. The molecule has 0 spiro atoms. The van der Waals surface area contributed by atoms with Crippen LogP contribution < -0.4 is 5.32 Å². The smallest absolute Gasteiger partial charge is 0.236 e. The summed E-state index contributed by atoms with van der Waals surface area (Å²) in [4.78, 5) is 15.3. The van der Waals surface area contributed by atoms with Crippen LogP contribution in [0.25, 0.3) is 0 Å². The second kappa shape index (κ2) is 4.59. The van der Waals surface area contributed by atoms with Crippen LogP contribution in [0.3, 0.4) is 0 Å². The Bertz CT molecular complexity index is 290. The van der Waals surface area contributed by atoms with Crippen LogP contribution in [-0.2, 0) is 11.3 Å². The van der Waals surface area contributed by atoms with Gasteiger partial charge in [-0.1, -0.05) is 15.9 Å². The molecule has 78 valence electrons. The highest BCUT2D eigenvalue weighted by Gasteiger charge is 2.22. The van der Waals surface area contributed by atoms with Crippen LogP contribution in [0.4, 0.5) is 0 Å². The second-order valence-corrected chi connectivity index (χ2v) is 5.51. The lowest BCUT2D eigenvalue weighted by Gasteiger charge is -2.15. The standard InChI is InChI=1S/C9H14BrN3O/c1-9(2,10)8(14)12-4-6-13-5-3-11-7-13/h3,5,7H,4,6H2,1-2H3,(H,12,14). The van der Waals surface area contributed by atoms with E-state index in [0.29, 0.717) is 6.54 Å². The molecule has 0 aliphatic heterocycles. The highest BCUT2D eigenvalue weighted by molar-refractivity contribution is 9.10. The number of nitrogens with one attached hydrogen (secondary N) is 1. The maximum atomic E-state index is 11.4. The first-order valence-electron chi connectivity index (χ1n) is 4.43. The molecule has 0 bridgehead atoms. The summed E-state index contributed by atoms with van der Waals surface area (Å²) in [6.07, 6.45) is 5.31.